The molecule has 13 heavy (non-hydrogen) atoms. The molecule has 3 nitrogen and oxygen atoms in total. The first-order valence-corrected chi connectivity index (χ1v) is 4.29. The minimum absolute atomic E-state index is 0.159. The number of nitrogens with one attached hydrogen (secondary N) is 1. The monoisotopic (exact) mass is 298 g/mol. The van der Waals surface area contributed by atoms with Crippen molar-refractivity contribution in [1.82, 2.24) is 0 Å². The van der Waals surface area contributed by atoms with Gasteiger partial charge >= 0.3 is 6.03 Å². The van der Waals surface area contributed by atoms with Gasteiger partial charge < -0.3 is 11.1 Å². The summed E-state index contributed by atoms with van der Waals surface area (Å²) in [6.07, 6.45) is 0. The highest BCUT2D eigenvalue weighted by Gasteiger charge is 2.08. The van der Waals surface area contributed by atoms with Crippen molar-refractivity contribution in [2.24, 2.45) is 5.73 Å². The van der Waals surface area contributed by atoms with E-state index in [1.807, 2.05) is 0 Å². The van der Waals surface area contributed by atoms with Gasteiger partial charge in [0.25, 0.3) is 0 Å². The van der Waals surface area contributed by atoms with Gasteiger partial charge in [-0.1, -0.05) is 0 Å². The molecule has 6 heteroatoms. The molecule has 0 radical (unpaired) electrons. The summed E-state index contributed by atoms with van der Waals surface area (Å²) in [7, 11) is 0. The van der Waals surface area contributed by atoms with Crippen molar-refractivity contribution in [1.29, 1.82) is 0 Å². The molecule has 1 aromatic carbocycles. The van der Waals surface area contributed by atoms with Crippen LogP contribution in [0.3, 0.4) is 0 Å². The van der Waals surface area contributed by atoms with Crippen molar-refractivity contribution >= 4 is 34.3 Å². The second-order valence-corrected chi connectivity index (χ2v) is 3.40. The van der Waals surface area contributed by atoms with Gasteiger partial charge in [0.2, 0.25) is 0 Å². The quantitative estimate of drug-likeness (QED) is 0.605. The summed E-state index contributed by atoms with van der Waals surface area (Å²) in [6.45, 7) is 0. The SMILES string of the molecule is NC(=O)Nc1cc(F)c(F)cc1I. The first-order chi connectivity index (χ1) is 6.00. The molecule has 0 unspecified atom stereocenters. The molecule has 0 saturated heterocycles. The third kappa shape index (κ3) is 2.51. The van der Waals surface area contributed by atoms with Crippen LogP contribution in [0.5, 0.6) is 0 Å². The lowest BCUT2D eigenvalue weighted by molar-refractivity contribution is 0.259. The number of nitrogens with two attached hydrogens (primary N) is 1. The largest absolute Gasteiger partial charge is 0.351 e. The van der Waals surface area contributed by atoms with Gasteiger partial charge in [-0.3, -0.25) is 0 Å². The smallest absolute Gasteiger partial charge is 0.316 e. The van der Waals surface area contributed by atoms with E-state index in [4.69, 9.17) is 5.73 Å². The molecule has 0 aliphatic heterocycles. The van der Waals surface area contributed by atoms with E-state index in [-0.39, 0.29) is 5.69 Å². The van der Waals surface area contributed by atoms with Gasteiger partial charge in [-0.25, -0.2) is 13.6 Å². The number of carbonyl (C=O) groups excluding carboxylic acids is 1. The second-order valence-electron chi connectivity index (χ2n) is 2.24. The van der Waals surface area contributed by atoms with E-state index in [2.05, 4.69) is 5.32 Å². The lowest BCUT2D eigenvalue weighted by Gasteiger charge is -2.04. The summed E-state index contributed by atoms with van der Waals surface area (Å²) < 4.78 is 25.6. The van der Waals surface area contributed by atoms with E-state index in [9.17, 15) is 13.6 Å². The number of urea groups is 1. The number of amides is 2. The highest BCUT2D eigenvalue weighted by atomic mass is 127. The minimum atomic E-state index is -1.02. The van der Waals surface area contributed by atoms with Crippen molar-refractivity contribution in [2.45, 2.75) is 0 Å². The van der Waals surface area contributed by atoms with E-state index in [0.29, 0.717) is 3.57 Å². The normalized spacial score (nSPS) is 9.77. The Labute approximate surface area is 86.4 Å². The highest BCUT2D eigenvalue weighted by molar-refractivity contribution is 14.1. The molecule has 0 aromatic heterocycles. The molecule has 0 saturated carbocycles. The summed E-state index contributed by atoms with van der Waals surface area (Å²) >= 11 is 1.76. The van der Waals surface area contributed by atoms with Crippen molar-refractivity contribution in [3.05, 3.63) is 27.3 Å². The molecule has 2 amide bonds. The van der Waals surface area contributed by atoms with E-state index < -0.39 is 17.7 Å². The van der Waals surface area contributed by atoms with Gasteiger partial charge in [0.05, 0.1) is 5.69 Å². The molecule has 0 fully saturated rings. The molecule has 70 valence electrons. The molecule has 0 spiro atoms. The molecule has 0 aliphatic carbocycles. The van der Waals surface area contributed by atoms with Crippen LogP contribution in [0.2, 0.25) is 0 Å². The fraction of sp³-hybridized carbons (Fsp3) is 0. The lowest BCUT2D eigenvalue weighted by atomic mass is 10.3. The maximum atomic E-state index is 12.6. The number of benzene rings is 1. The van der Waals surface area contributed by atoms with Crippen LogP contribution >= 0.6 is 22.6 Å². The minimum Gasteiger partial charge on any atom is -0.351 e. The number of rotatable bonds is 1. The number of hydrogen-bond donors (Lipinski definition) is 2. The van der Waals surface area contributed by atoms with E-state index in [1.165, 1.54) is 0 Å². The van der Waals surface area contributed by atoms with Gasteiger partial charge in [0, 0.05) is 9.64 Å². The first-order valence-electron chi connectivity index (χ1n) is 3.21. The summed E-state index contributed by atoms with van der Waals surface area (Å²) in [5, 5.41) is 2.17. The van der Waals surface area contributed by atoms with Crippen LogP contribution in [0.4, 0.5) is 19.3 Å². The Morgan fingerprint density at radius 3 is 2.46 bits per heavy atom. The van der Waals surface area contributed by atoms with Crippen LogP contribution in [0.15, 0.2) is 12.1 Å². The zero-order valence-corrected chi connectivity index (χ0v) is 8.43. The summed E-state index contributed by atoms with van der Waals surface area (Å²) in [5.74, 6) is -1.98. The average Bonchev–Trinajstić information content (AvgIpc) is 1.99. The number of anilines is 1. The number of hydrogen-bond acceptors (Lipinski definition) is 1. The molecular formula is C7H5F2IN2O. The molecule has 0 bridgehead atoms. The summed E-state index contributed by atoms with van der Waals surface area (Å²) in [6, 6.07) is 1.03. The fourth-order valence-electron chi connectivity index (χ4n) is 0.751. The highest BCUT2D eigenvalue weighted by Crippen LogP contribution is 2.21. The predicted octanol–water partition coefficient (Wildman–Crippen LogP) is 2.06. The number of halogens is 3. The molecule has 1 aromatic rings. The molecule has 3 N–H and O–H groups in total. The Hall–Kier alpha value is -0.920. The second kappa shape index (κ2) is 3.86. The third-order valence-electron chi connectivity index (χ3n) is 1.27. The van der Waals surface area contributed by atoms with Gasteiger partial charge in [-0.15, -0.1) is 0 Å². The van der Waals surface area contributed by atoms with Gasteiger partial charge in [0.15, 0.2) is 11.6 Å². The Morgan fingerprint density at radius 2 is 1.92 bits per heavy atom. The van der Waals surface area contributed by atoms with Gasteiger partial charge in [-0.2, -0.15) is 0 Å². The van der Waals surface area contributed by atoms with Crippen molar-refractivity contribution in [3.63, 3.8) is 0 Å². The molecule has 0 heterocycles. The van der Waals surface area contributed by atoms with Crippen molar-refractivity contribution in [3.8, 4) is 0 Å². The molecule has 0 aliphatic rings. The first kappa shape index (κ1) is 10.2. The lowest BCUT2D eigenvalue weighted by Crippen LogP contribution is -2.20. The number of primary amides is 1. The van der Waals surface area contributed by atoms with Crippen molar-refractivity contribution < 1.29 is 13.6 Å². The van der Waals surface area contributed by atoms with E-state index >= 15 is 0 Å². The van der Waals surface area contributed by atoms with Crippen LogP contribution in [0, 0.1) is 15.2 Å². The Kier molecular flexibility index (Phi) is 3.02. The van der Waals surface area contributed by atoms with Crippen LogP contribution in [-0.4, -0.2) is 6.03 Å². The van der Waals surface area contributed by atoms with Crippen LogP contribution < -0.4 is 11.1 Å². The molecule has 1 rings (SSSR count). The van der Waals surface area contributed by atoms with E-state index in [0.717, 1.165) is 12.1 Å². The molecular weight excluding hydrogens is 293 g/mol. The van der Waals surface area contributed by atoms with Crippen LogP contribution in [-0.2, 0) is 0 Å². The van der Waals surface area contributed by atoms with Gasteiger partial charge in [0.1, 0.15) is 0 Å². The van der Waals surface area contributed by atoms with Crippen LogP contribution in [0.25, 0.3) is 0 Å². The zero-order chi connectivity index (χ0) is 10.0. The predicted molar refractivity (Wildman–Crippen MR) is 52.3 cm³/mol. The average molecular weight is 298 g/mol. The molecule has 0 atom stereocenters. The fourth-order valence-corrected chi connectivity index (χ4v) is 1.32. The zero-order valence-electron chi connectivity index (χ0n) is 6.27. The third-order valence-corrected chi connectivity index (χ3v) is 2.16. The Balaban J connectivity index is 3.08. The van der Waals surface area contributed by atoms with Gasteiger partial charge in [-0.05, 0) is 28.7 Å². The Bertz CT molecular complexity index is 357. The van der Waals surface area contributed by atoms with Crippen molar-refractivity contribution in [2.75, 3.05) is 5.32 Å². The summed E-state index contributed by atoms with van der Waals surface area (Å²) in [4.78, 5) is 10.4. The van der Waals surface area contributed by atoms with Crippen LogP contribution in [0.1, 0.15) is 0 Å². The van der Waals surface area contributed by atoms with E-state index in [1.54, 1.807) is 22.6 Å². The number of carbonyl (C=O) groups is 1. The standard InChI is InChI=1S/C7H5F2IN2O/c8-3-1-5(10)6(2-4(3)9)12-7(11)13/h1-2H,(H3,11,12,13). The Morgan fingerprint density at radius 1 is 1.38 bits per heavy atom. The summed E-state index contributed by atoms with van der Waals surface area (Å²) in [5.41, 5.74) is 4.97. The topological polar surface area (TPSA) is 55.1 Å². The maximum Gasteiger partial charge on any atom is 0.316 e. The maximum absolute atomic E-state index is 12.6.